The number of amides is 1. The number of ether oxygens (including phenoxy) is 1. The van der Waals surface area contributed by atoms with Crippen LogP contribution in [0, 0.1) is 13.8 Å². The molecule has 1 amide bonds. The van der Waals surface area contributed by atoms with Crippen LogP contribution in [0.5, 0.6) is 0 Å². The Kier molecular flexibility index (Phi) is 5.24. The molecule has 1 atom stereocenters. The highest BCUT2D eigenvalue weighted by molar-refractivity contribution is 9.10. The average Bonchev–Trinajstić information content (AvgIpc) is 3.14. The summed E-state index contributed by atoms with van der Waals surface area (Å²) in [5.41, 5.74) is 2.52. The Hall–Kier alpha value is -2.41. The van der Waals surface area contributed by atoms with Crippen LogP contribution in [-0.2, 0) is 16.0 Å². The quantitative estimate of drug-likeness (QED) is 0.537. The zero-order chi connectivity index (χ0) is 19.9. The summed E-state index contributed by atoms with van der Waals surface area (Å²) in [6.45, 7) is 7.08. The van der Waals surface area contributed by atoms with Gasteiger partial charge in [0.25, 0.3) is 0 Å². The molecule has 1 aliphatic rings. The number of benzene rings is 1. The van der Waals surface area contributed by atoms with Crippen molar-refractivity contribution in [3.05, 3.63) is 50.9 Å². The Balaban J connectivity index is 1.76. The highest BCUT2D eigenvalue weighted by Crippen LogP contribution is 2.30. The second kappa shape index (κ2) is 7.31. The molecule has 0 saturated carbocycles. The van der Waals surface area contributed by atoms with Gasteiger partial charge in [0.15, 0.2) is 6.10 Å². The molecule has 27 heavy (non-hydrogen) atoms. The van der Waals surface area contributed by atoms with Crippen molar-refractivity contribution < 1.29 is 23.5 Å². The van der Waals surface area contributed by atoms with Gasteiger partial charge in [0.1, 0.15) is 17.1 Å². The molecule has 3 rings (SSSR count). The smallest absolute Gasteiger partial charge is 0.343 e. The molecule has 7 heteroatoms. The molecule has 2 aromatic rings. The lowest BCUT2D eigenvalue weighted by molar-refractivity contribution is -0.116. The van der Waals surface area contributed by atoms with E-state index in [2.05, 4.69) is 15.9 Å². The van der Waals surface area contributed by atoms with Crippen LogP contribution in [0.1, 0.15) is 51.6 Å². The molecule has 2 heterocycles. The maximum absolute atomic E-state index is 12.7. The Bertz CT molecular complexity index is 946. The predicted molar refractivity (Wildman–Crippen MR) is 103 cm³/mol. The molecule has 0 aliphatic carbocycles. The molecule has 0 fully saturated rings. The van der Waals surface area contributed by atoms with Gasteiger partial charge in [0.05, 0.1) is 4.47 Å². The first kappa shape index (κ1) is 19.4. The van der Waals surface area contributed by atoms with Crippen LogP contribution in [0.2, 0.25) is 0 Å². The third-order valence-electron chi connectivity index (χ3n) is 4.68. The number of hydrogen-bond acceptors (Lipinski definition) is 5. The number of fused-ring (bicyclic) bond motifs is 1. The van der Waals surface area contributed by atoms with E-state index in [1.54, 1.807) is 43.9 Å². The van der Waals surface area contributed by atoms with Crippen molar-refractivity contribution >= 4 is 39.3 Å². The highest BCUT2D eigenvalue weighted by Gasteiger charge is 2.28. The summed E-state index contributed by atoms with van der Waals surface area (Å²) in [4.78, 5) is 38.5. The molecule has 0 N–H and O–H groups in total. The van der Waals surface area contributed by atoms with Crippen molar-refractivity contribution in [2.75, 3.05) is 11.4 Å². The summed E-state index contributed by atoms with van der Waals surface area (Å²) in [5.74, 6) is 0.0897. The molecule has 0 spiro atoms. The van der Waals surface area contributed by atoms with Gasteiger partial charge in [-0.1, -0.05) is 0 Å². The fourth-order valence-electron chi connectivity index (χ4n) is 3.28. The van der Waals surface area contributed by atoms with E-state index in [4.69, 9.17) is 9.15 Å². The van der Waals surface area contributed by atoms with Gasteiger partial charge in [0.2, 0.25) is 11.7 Å². The molecule has 1 aromatic heterocycles. The zero-order valence-electron chi connectivity index (χ0n) is 15.6. The molecule has 142 valence electrons. The molecule has 0 saturated heterocycles. The summed E-state index contributed by atoms with van der Waals surface area (Å²) < 4.78 is 11.3. The average molecular weight is 434 g/mol. The lowest BCUT2D eigenvalue weighted by Crippen LogP contribution is -2.26. The van der Waals surface area contributed by atoms with Crippen molar-refractivity contribution in [1.29, 1.82) is 0 Å². The highest BCUT2D eigenvalue weighted by atomic mass is 79.9. The minimum atomic E-state index is -0.942. The Labute approximate surface area is 165 Å². The number of hydrogen-bond donors (Lipinski definition) is 0. The third kappa shape index (κ3) is 3.56. The van der Waals surface area contributed by atoms with E-state index >= 15 is 0 Å². The standard InChI is InChI=1S/C20H20BrNO5/c1-10-17(18(21)11(2)26-10)20(25)27-12(3)19(24)15-5-6-16-14(9-15)7-8-22(16)13(4)23/h5-6,9,12H,7-8H2,1-4H3/t12-/m0/s1. The van der Waals surface area contributed by atoms with Gasteiger partial charge in [-0.15, -0.1) is 0 Å². The van der Waals surface area contributed by atoms with E-state index in [0.29, 0.717) is 40.1 Å². The first-order valence-corrected chi connectivity index (χ1v) is 9.41. The molecule has 1 aromatic carbocycles. The molecule has 1 aliphatic heterocycles. The lowest BCUT2D eigenvalue weighted by Gasteiger charge is -2.16. The number of carbonyl (C=O) groups is 3. The molecule has 0 unspecified atom stereocenters. The Morgan fingerprint density at radius 3 is 2.52 bits per heavy atom. The number of esters is 1. The maximum Gasteiger partial charge on any atom is 0.343 e. The molecule has 6 nitrogen and oxygen atoms in total. The normalized spacial score (nSPS) is 14.0. The molecular weight excluding hydrogens is 414 g/mol. The summed E-state index contributed by atoms with van der Waals surface area (Å²) >= 11 is 3.31. The van der Waals surface area contributed by atoms with Crippen LogP contribution in [-0.4, -0.2) is 30.3 Å². The van der Waals surface area contributed by atoms with Gasteiger partial charge >= 0.3 is 5.97 Å². The van der Waals surface area contributed by atoms with Crippen molar-refractivity contribution in [3.8, 4) is 0 Å². The number of nitrogens with zero attached hydrogens (tertiary/aromatic N) is 1. The number of aryl methyl sites for hydroxylation is 2. The van der Waals surface area contributed by atoms with E-state index in [1.807, 2.05) is 0 Å². The van der Waals surface area contributed by atoms with Crippen molar-refractivity contribution in [2.45, 2.75) is 40.2 Å². The van der Waals surface area contributed by atoms with Crippen LogP contribution in [0.25, 0.3) is 0 Å². The Morgan fingerprint density at radius 1 is 1.22 bits per heavy atom. The van der Waals surface area contributed by atoms with E-state index in [9.17, 15) is 14.4 Å². The summed E-state index contributed by atoms with van der Waals surface area (Å²) in [7, 11) is 0. The first-order valence-electron chi connectivity index (χ1n) is 8.62. The van der Waals surface area contributed by atoms with Gasteiger partial charge in [-0.05, 0) is 66.9 Å². The predicted octanol–water partition coefficient (Wildman–Crippen LogP) is 4.00. The van der Waals surface area contributed by atoms with Crippen molar-refractivity contribution in [3.63, 3.8) is 0 Å². The van der Waals surface area contributed by atoms with Crippen LogP contribution >= 0.6 is 15.9 Å². The number of rotatable bonds is 4. The fraction of sp³-hybridized carbons (Fsp3) is 0.350. The lowest BCUT2D eigenvalue weighted by atomic mass is 10.0. The number of anilines is 1. The van der Waals surface area contributed by atoms with E-state index in [1.165, 1.54) is 6.92 Å². The van der Waals surface area contributed by atoms with Gasteiger partial charge in [-0.3, -0.25) is 9.59 Å². The van der Waals surface area contributed by atoms with Crippen molar-refractivity contribution in [2.24, 2.45) is 0 Å². The van der Waals surface area contributed by atoms with Crippen LogP contribution in [0.15, 0.2) is 27.1 Å². The number of halogens is 1. The number of ketones is 1. The first-order chi connectivity index (χ1) is 12.7. The van der Waals surface area contributed by atoms with Gasteiger partial charge in [-0.25, -0.2) is 4.79 Å². The minimum absolute atomic E-state index is 0.0218. The minimum Gasteiger partial charge on any atom is -0.465 e. The monoisotopic (exact) mass is 433 g/mol. The van der Waals surface area contributed by atoms with Gasteiger partial charge < -0.3 is 14.1 Å². The summed E-state index contributed by atoms with van der Waals surface area (Å²) in [6, 6.07) is 5.20. The van der Waals surface area contributed by atoms with E-state index in [-0.39, 0.29) is 11.7 Å². The largest absolute Gasteiger partial charge is 0.465 e. The maximum atomic E-state index is 12.7. The van der Waals surface area contributed by atoms with Crippen LogP contribution in [0.3, 0.4) is 0 Å². The van der Waals surface area contributed by atoms with Crippen LogP contribution in [0.4, 0.5) is 5.69 Å². The zero-order valence-corrected chi connectivity index (χ0v) is 17.2. The van der Waals surface area contributed by atoms with Crippen LogP contribution < -0.4 is 4.90 Å². The van der Waals surface area contributed by atoms with Crippen molar-refractivity contribution in [1.82, 2.24) is 0 Å². The Morgan fingerprint density at radius 2 is 1.93 bits per heavy atom. The molecular formula is C20H20BrNO5. The molecule has 0 bridgehead atoms. The van der Waals surface area contributed by atoms with Gasteiger partial charge in [-0.2, -0.15) is 0 Å². The number of Topliss-reactive ketones (excluding diaryl/α,β-unsaturated/α-hetero) is 1. The fourth-order valence-corrected chi connectivity index (χ4v) is 3.80. The molecule has 0 radical (unpaired) electrons. The van der Waals surface area contributed by atoms with E-state index in [0.717, 1.165) is 11.3 Å². The summed E-state index contributed by atoms with van der Waals surface area (Å²) in [6.07, 6.45) is -0.243. The summed E-state index contributed by atoms with van der Waals surface area (Å²) in [5, 5.41) is 0. The second-order valence-corrected chi connectivity index (χ2v) is 7.37. The second-order valence-electron chi connectivity index (χ2n) is 6.58. The number of carbonyl (C=O) groups excluding carboxylic acids is 3. The van der Waals surface area contributed by atoms with E-state index < -0.39 is 12.1 Å². The van der Waals surface area contributed by atoms with Gasteiger partial charge in [0, 0.05) is 24.7 Å². The SMILES string of the molecule is CC(=O)N1CCc2cc(C(=O)[C@H](C)OC(=O)c3c(C)oc(C)c3Br)ccc21. The number of furan rings is 1. The topological polar surface area (TPSA) is 76.8 Å². The third-order valence-corrected chi connectivity index (χ3v) is 5.64.